The molecule has 0 amide bonds. The van der Waals surface area contributed by atoms with Crippen molar-refractivity contribution in [3.63, 3.8) is 0 Å². The van der Waals surface area contributed by atoms with Crippen LogP contribution in [0.2, 0.25) is 0 Å². The van der Waals surface area contributed by atoms with Gasteiger partial charge in [-0.2, -0.15) is 0 Å². The van der Waals surface area contributed by atoms with E-state index >= 15 is 0 Å². The summed E-state index contributed by atoms with van der Waals surface area (Å²) in [6, 6.07) is 8.88. The molecule has 112 valence electrons. The molecule has 0 bridgehead atoms. The Hall–Kier alpha value is -0.860. The lowest BCUT2D eigenvalue weighted by atomic mass is 10.0. The lowest BCUT2D eigenvalue weighted by Gasteiger charge is -2.22. The van der Waals surface area contributed by atoms with Crippen LogP contribution in [0.3, 0.4) is 0 Å². The number of rotatable bonds is 8. The van der Waals surface area contributed by atoms with Crippen molar-refractivity contribution in [3.8, 4) is 0 Å². The fourth-order valence-corrected chi connectivity index (χ4v) is 3.27. The van der Waals surface area contributed by atoms with Gasteiger partial charge < -0.3 is 10.2 Å². The number of hydrogen-bond acceptors (Lipinski definition) is 2. The topological polar surface area (TPSA) is 15.3 Å². The first-order valence-corrected chi connectivity index (χ1v) is 8.25. The van der Waals surface area contributed by atoms with E-state index < -0.39 is 0 Å². The van der Waals surface area contributed by atoms with Crippen LogP contribution in [-0.2, 0) is 13.1 Å². The van der Waals surface area contributed by atoms with Crippen LogP contribution in [0.1, 0.15) is 50.2 Å². The number of hydrogen-bond donors (Lipinski definition) is 1. The molecule has 1 fully saturated rings. The highest BCUT2D eigenvalue weighted by molar-refractivity contribution is 5.26. The van der Waals surface area contributed by atoms with Crippen molar-refractivity contribution in [3.05, 3.63) is 35.4 Å². The molecule has 0 unspecified atom stereocenters. The third kappa shape index (κ3) is 4.92. The average molecular weight is 274 g/mol. The molecule has 1 aromatic carbocycles. The molecule has 1 N–H and O–H groups in total. The Morgan fingerprint density at radius 1 is 1.15 bits per heavy atom. The Kier molecular flexibility index (Phi) is 6.55. The summed E-state index contributed by atoms with van der Waals surface area (Å²) in [6.45, 7) is 6.67. The fraction of sp³-hybridized carbons (Fsp3) is 0.667. The lowest BCUT2D eigenvalue weighted by Crippen LogP contribution is -2.25. The van der Waals surface area contributed by atoms with Crippen LogP contribution < -0.4 is 5.32 Å². The van der Waals surface area contributed by atoms with Gasteiger partial charge in [-0.25, -0.2) is 0 Å². The van der Waals surface area contributed by atoms with E-state index in [0.29, 0.717) is 0 Å². The molecule has 20 heavy (non-hydrogen) atoms. The summed E-state index contributed by atoms with van der Waals surface area (Å²) in [5.41, 5.74) is 2.94. The van der Waals surface area contributed by atoms with Crippen LogP contribution in [0.5, 0.6) is 0 Å². The highest BCUT2D eigenvalue weighted by Gasteiger charge is 2.17. The minimum Gasteiger partial charge on any atom is -0.313 e. The first-order valence-electron chi connectivity index (χ1n) is 8.25. The Balaban J connectivity index is 1.86. The van der Waals surface area contributed by atoms with Gasteiger partial charge in [0.2, 0.25) is 0 Å². The van der Waals surface area contributed by atoms with E-state index in [4.69, 9.17) is 0 Å². The van der Waals surface area contributed by atoms with E-state index in [9.17, 15) is 0 Å². The molecule has 0 spiro atoms. The van der Waals surface area contributed by atoms with Crippen LogP contribution in [0.4, 0.5) is 0 Å². The zero-order valence-corrected chi connectivity index (χ0v) is 13.2. The molecule has 0 radical (unpaired) electrons. The van der Waals surface area contributed by atoms with Crippen molar-refractivity contribution in [1.29, 1.82) is 0 Å². The number of benzene rings is 1. The highest BCUT2D eigenvalue weighted by Crippen LogP contribution is 2.25. The smallest absolute Gasteiger partial charge is 0.0234 e. The van der Waals surface area contributed by atoms with Crippen molar-refractivity contribution < 1.29 is 0 Å². The first-order chi connectivity index (χ1) is 9.79. The molecule has 0 atom stereocenters. The molecular weight excluding hydrogens is 244 g/mol. The van der Waals surface area contributed by atoms with Crippen LogP contribution in [-0.4, -0.2) is 25.0 Å². The van der Waals surface area contributed by atoms with Crippen LogP contribution in [0, 0.1) is 5.92 Å². The predicted molar refractivity (Wildman–Crippen MR) is 86.7 cm³/mol. The minimum absolute atomic E-state index is 0.936. The Bertz CT molecular complexity index is 383. The molecular formula is C18H30N2. The van der Waals surface area contributed by atoms with E-state index in [1.807, 2.05) is 0 Å². The van der Waals surface area contributed by atoms with Gasteiger partial charge in [-0.1, -0.05) is 44.0 Å². The van der Waals surface area contributed by atoms with Crippen LogP contribution >= 0.6 is 0 Å². The number of nitrogens with zero attached hydrogens (tertiary/aromatic N) is 1. The highest BCUT2D eigenvalue weighted by atomic mass is 15.1. The summed E-state index contributed by atoms with van der Waals surface area (Å²) in [6.07, 6.45) is 6.95. The quantitative estimate of drug-likeness (QED) is 0.725. The third-order valence-corrected chi connectivity index (χ3v) is 4.35. The normalized spacial score (nSPS) is 16.1. The van der Waals surface area contributed by atoms with Gasteiger partial charge in [0, 0.05) is 19.6 Å². The molecule has 1 aliphatic rings. The second-order valence-electron chi connectivity index (χ2n) is 6.29. The summed E-state index contributed by atoms with van der Waals surface area (Å²) >= 11 is 0. The molecule has 0 saturated heterocycles. The summed E-state index contributed by atoms with van der Waals surface area (Å²) < 4.78 is 0. The summed E-state index contributed by atoms with van der Waals surface area (Å²) in [5, 5.41) is 3.52. The second kappa shape index (κ2) is 8.43. The minimum atomic E-state index is 0.936. The number of nitrogens with one attached hydrogen (secondary N) is 1. The average Bonchev–Trinajstić information content (AvgIpc) is 2.93. The van der Waals surface area contributed by atoms with Gasteiger partial charge in [-0.05, 0) is 49.9 Å². The fourth-order valence-electron chi connectivity index (χ4n) is 3.27. The molecule has 0 heterocycles. The summed E-state index contributed by atoms with van der Waals surface area (Å²) in [7, 11) is 2.27. The van der Waals surface area contributed by atoms with Crippen molar-refractivity contribution in [2.75, 3.05) is 20.1 Å². The molecule has 2 rings (SSSR count). The lowest BCUT2D eigenvalue weighted by molar-refractivity contribution is 0.270. The van der Waals surface area contributed by atoms with Gasteiger partial charge in [0.1, 0.15) is 0 Å². The maximum absolute atomic E-state index is 3.52. The summed E-state index contributed by atoms with van der Waals surface area (Å²) in [5.74, 6) is 0.936. The van der Waals surface area contributed by atoms with Gasteiger partial charge >= 0.3 is 0 Å². The van der Waals surface area contributed by atoms with Gasteiger partial charge in [0.25, 0.3) is 0 Å². The standard InChI is InChI=1S/C18H30N2/c1-3-12-19-13-17-10-6-7-11-18(17)15-20(2)14-16-8-4-5-9-16/h6-7,10-11,16,19H,3-5,8-9,12-15H2,1-2H3. The third-order valence-electron chi connectivity index (χ3n) is 4.35. The van der Waals surface area contributed by atoms with Crippen LogP contribution in [0.15, 0.2) is 24.3 Å². The van der Waals surface area contributed by atoms with E-state index in [0.717, 1.165) is 25.6 Å². The Morgan fingerprint density at radius 2 is 1.85 bits per heavy atom. The maximum atomic E-state index is 3.52. The molecule has 1 saturated carbocycles. The van der Waals surface area contributed by atoms with Crippen molar-refractivity contribution in [2.24, 2.45) is 5.92 Å². The molecule has 0 aliphatic heterocycles. The predicted octanol–water partition coefficient (Wildman–Crippen LogP) is 3.81. The second-order valence-corrected chi connectivity index (χ2v) is 6.29. The largest absolute Gasteiger partial charge is 0.313 e. The van der Waals surface area contributed by atoms with Gasteiger partial charge in [0.05, 0.1) is 0 Å². The Labute approximate surface area is 124 Å². The van der Waals surface area contributed by atoms with E-state index in [2.05, 4.69) is 48.5 Å². The van der Waals surface area contributed by atoms with Gasteiger partial charge in [-0.3, -0.25) is 0 Å². The molecule has 1 aliphatic carbocycles. The molecule has 2 nitrogen and oxygen atoms in total. The first kappa shape index (κ1) is 15.5. The van der Waals surface area contributed by atoms with Gasteiger partial charge in [0.15, 0.2) is 0 Å². The Morgan fingerprint density at radius 3 is 2.55 bits per heavy atom. The van der Waals surface area contributed by atoms with Crippen molar-refractivity contribution in [2.45, 2.75) is 52.1 Å². The van der Waals surface area contributed by atoms with Crippen molar-refractivity contribution >= 4 is 0 Å². The van der Waals surface area contributed by atoms with Crippen molar-refractivity contribution in [1.82, 2.24) is 10.2 Å². The molecule has 0 aromatic heterocycles. The maximum Gasteiger partial charge on any atom is 0.0234 e. The SMILES string of the molecule is CCCNCc1ccccc1CN(C)CC1CCCC1. The zero-order valence-electron chi connectivity index (χ0n) is 13.2. The zero-order chi connectivity index (χ0) is 14.2. The molecule has 1 aromatic rings. The summed E-state index contributed by atoms with van der Waals surface area (Å²) in [4.78, 5) is 2.51. The van der Waals surface area contributed by atoms with Gasteiger partial charge in [-0.15, -0.1) is 0 Å². The van der Waals surface area contributed by atoms with E-state index in [1.54, 1.807) is 0 Å². The van der Waals surface area contributed by atoms with E-state index in [1.165, 1.54) is 49.8 Å². The molecule has 2 heteroatoms. The monoisotopic (exact) mass is 274 g/mol. The van der Waals surface area contributed by atoms with E-state index in [-0.39, 0.29) is 0 Å². The van der Waals surface area contributed by atoms with Crippen LogP contribution in [0.25, 0.3) is 0 Å².